The summed E-state index contributed by atoms with van der Waals surface area (Å²) in [5, 5.41) is 11.4. The summed E-state index contributed by atoms with van der Waals surface area (Å²) in [5.41, 5.74) is 0.177. The Hall–Kier alpha value is -0.570. The quantitative estimate of drug-likeness (QED) is 0.501. The number of Topliss-reactive ketones (excluding diaryl/α,β-unsaturated/α-hetero) is 1. The van der Waals surface area contributed by atoms with Crippen LogP contribution in [0.2, 0.25) is 0 Å². The van der Waals surface area contributed by atoms with E-state index >= 15 is 0 Å². The van der Waals surface area contributed by atoms with Gasteiger partial charge in [0.25, 0.3) is 0 Å². The Bertz CT molecular complexity index is 848. The van der Waals surface area contributed by atoms with Gasteiger partial charge >= 0.3 is 10.4 Å². The Kier molecular flexibility index (Phi) is 7.07. The highest BCUT2D eigenvalue weighted by molar-refractivity contribution is 7.80. The van der Waals surface area contributed by atoms with E-state index in [2.05, 4.69) is 20.8 Å². The zero-order valence-electron chi connectivity index (χ0n) is 20.2. The third-order valence-electron chi connectivity index (χ3n) is 10.7. The maximum absolute atomic E-state index is 12.6. The summed E-state index contributed by atoms with van der Waals surface area (Å²) in [7, 11) is -4.47. The number of hydrogen-bond acceptors (Lipinski definition) is 5. The average Bonchev–Trinajstić information content (AvgIpc) is 3.09. The van der Waals surface area contributed by atoms with Gasteiger partial charge in [0.05, 0.1) is 12.2 Å². The summed E-state index contributed by atoms with van der Waals surface area (Å²) in [6, 6.07) is 0. The van der Waals surface area contributed by atoms with E-state index < -0.39 is 29.3 Å². The van der Waals surface area contributed by atoms with Gasteiger partial charge in [-0.1, -0.05) is 20.8 Å². The fourth-order valence-corrected chi connectivity index (χ4v) is 9.59. The number of fused-ring (bicyclic) bond motifs is 5. The summed E-state index contributed by atoms with van der Waals surface area (Å²) in [5.74, 6) is 1.82. The summed E-state index contributed by atoms with van der Waals surface area (Å²) < 4.78 is 49.1. The number of halogens is 1. The topological polar surface area (TPSA) is 101 Å². The van der Waals surface area contributed by atoms with Gasteiger partial charge in [-0.3, -0.25) is 9.35 Å². The first-order valence-corrected chi connectivity index (χ1v) is 14.2. The third-order valence-corrected chi connectivity index (χ3v) is 11.2. The predicted octanol–water partition coefficient (Wildman–Crippen LogP) is 4.76. The van der Waals surface area contributed by atoms with Crippen molar-refractivity contribution in [2.24, 2.45) is 46.3 Å². The zero-order valence-corrected chi connectivity index (χ0v) is 21.0. The standard InChI is InChI=1S/C25H41FO6S/c1-15(4-5-17(27)14-26)19-6-7-20-23-21(9-11-25(19,20)3)24(2)10-8-18(32-33(29,30)31)12-16(24)13-22(23)28/h15-16,18-23,28H,4-14H2,1-3H3,(H,29,30,31)/t15-,16+,18-,19-,20+,21+,22-,23+,24+,25-/m1/s1. The molecule has 0 amide bonds. The third kappa shape index (κ3) is 4.66. The van der Waals surface area contributed by atoms with Gasteiger partial charge in [0.15, 0.2) is 5.78 Å². The van der Waals surface area contributed by atoms with Gasteiger partial charge in [-0.2, -0.15) is 8.42 Å². The number of hydrogen-bond donors (Lipinski definition) is 2. The molecule has 4 aliphatic carbocycles. The average molecular weight is 489 g/mol. The minimum Gasteiger partial charge on any atom is -0.393 e. The van der Waals surface area contributed by atoms with Crippen LogP contribution in [0.1, 0.15) is 85.0 Å². The van der Waals surface area contributed by atoms with Crippen LogP contribution in [0.5, 0.6) is 0 Å². The predicted molar refractivity (Wildman–Crippen MR) is 122 cm³/mol. The second-order valence-electron chi connectivity index (χ2n) is 12.1. The van der Waals surface area contributed by atoms with Gasteiger partial charge in [0.1, 0.15) is 6.67 Å². The largest absolute Gasteiger partial charge is 0.397 e. The van der Waals surface area contributed by atoms with Gasteiger partial charge in [-0.15, -0.1) is 0 Å². The van der Waals surface area contributed by atoms with Crippen molar-refractivity contribution in [1.29, 1.82) is 0 Å². The molecular weight excluding hydrogens is 447 g/mol. The molecule has 2 N–H and O–H groups in total. The van der Waals surface area contributed by atoms with E-state index in [1.807, 2.05) is 0 Å². The summed E-state index contributed by atoms with van der Waals surface area (Å²) >= 11 is 0. The number of carbonyl (C=O) groups is 1. The van der Waals surface area contributed by atoms with E-state index in [-0.39, 0.29) is 28.4 Å². The highest BCUT2D eigenvalue weighted by Gasteiger charge is 2.63. The lowest BCUT2D eigenvalue weighted by Gasteiger charge is -2.62. The van der Waals surface area contributed by atoms with Crippen LogP contribution in [0.3, 0.4) is 0 Å². The molecule has 0 aliphatic heterocycles. The molecule has 4 saturated carbocycles. The summed E-state index contributed by atoms with van der Waals surface area (Å²) in [4.78, 5) is 11.5. The number of alkyl halides is 1. The maximum atomic E-state index is 12.6. The van der Waals surface area contributed by atoms with Crippen molar-refractivity contribution in [2.45, 2.75) is 97.2 Å². The van der Waals surface area contributed by atoms with Crippen LogP contribution in [0.4, 0.5) is 4.39 Å². The van der Waals surface area contributed by atoms with Crippen LogP contribution in [-0.2, 0) is 19.4 Å². The summed E-state index contributed by atoms with van der Waals surface area (Å²) in [6.45, 7) is 6.05. The molecule has 8 heteroatoms. The van der Waals surface area contributed by atoms with Gasteiger partial charge in [0.2, 0.25) is 0 Å². The van der Waals surface area contributed by atoms with Crippen LogP contribution < -0.4 is 0 Å². The van der Waals surface area contributed by atoms with E-state index in [0.29, 0.717) is 49.4 Å². The molecule has 0 aromatic heterocycles. The maximum Gasteiger partial charge on any atom is 0.397 e. The van der Waals surface area contributed by atoms with Crippen LogP contribution in [0, 0.1) is 46.3 Å². The monoisotopic (exact) mass is 488 g/mol. The number of ketones is 1. The molecule has 0 aromatic carbocycles. The normalized spacial score (nSPS) is 46.2. The fourth-order valence-electron chi connectivity index (χ4n) is 9.07. The summed E-state index contributed by atoms with van der Waals surface area (Å²) in [6.07, 6.45) is 7.14. The molecule has 33 heavy (non-hydrogen) atoms. The van der Waals surface area contributed by atoms with Crippen molar-refractivity contribution in [3.05, 3.63) is 0 Å². The van der Waals surface area contributed by atoms with Crippen LogP contribution in [0.15, 0.2) is 0 Å². The minimum absolute atomic E-state index is 0.0432. The second kappa shape index (κ2) is 9.14. The van der Waals surface area contributed by atoms with Crippen LogP contribution >= 0.6 is 0 Å². The van der Waals surface area contributed by atoms with Crippen molar-refractivity contribution in [2.75, 3.05) is 6.67 Å². The SMILES string of the molecule is C[C@H](CCC(=O)CF)[C@H]1CC[C@H]2[C@@H]3[C@H](O)C[C@@H]4C[C@H](OS(=O)(=O)O)CC[C@]4(C)[C@H]3CC[C@]12C. The Morgan fingerprint density at radius 1 is 1.09 bits per heavy atom. The molecule has 0 saturated heterocycles. The van der Waals surface area contributed by atoms with Crippen molar-refractivity contribution in [3.8, 4) is 0 Å². The Balaban J connectivity index is 1.50. The van der Waals surface area contributed by atoms with Gasteiger partial charge in [-0.05, 0) is 104 Å². The smallest absolute Gasteiger partial charge is 0.393 e. The molecule has 4 fully saturated rings. The van der Waals surface area contributed by atoms with Crippen molar-refractivity contribution in [3.63, 3.8) is 0 Å². The number of carbonyl (C=O) groups excluding carboxylic acids is 1. The number of aliphatic hydroxyl groups excluding tert-OH is 1. The van der Waals surface area contributed by atoms with E-state index in [1.165, 1.54) is 0 Å². The Labute approximate surface area is 198 Å². The Morgan fingerprint density at radius 3 is 2.42 bits per heavy atom. The van der Waals surface area contributed by atoms with Crippen LogP contribution in [-0.4, -0.2) is 42.7 Å². The highest BCUT2D eigenvalue weighted by atomic mass is 32.3. The lowest BCUT2D eigenvalue weighted by atomic mass is 9.43. The zero-order chi connectivity index (χ0) is 24.2. The molecule has 190 valence electrons. The molecule has 10 atom stereocenters. The van der Waals surface area contributed by atoms with E-state index in [9.17, 15) is 22.7 Å². The van der Waals surface area contributed by atoms with Gasteiger partial charge in [-0.25, -0.2) is 8.57 Å². The lowest BCUT2D eigenvalue weighted by molar-refractivity contribution is -0.172. The Morgan fingerprint density at radius 2 is 1.76 bits per heavy atom. The molecule has 6 nitrogen and oxygen atoms in total. The van der Waals surface area contributed by atoms with Crippen LogP contribution in [0.25, 0.3) is 0 Å². The highest BCUT2D eigenvalue weighted by Crippen LogP contribution is 2.68. The first-order valence-electron chi connectivity index (χ1n) is 12.8. The molecule has 4 rings (SSSR count). The van der Waals surface area contributed by atoms with Crippen molar-refractivity contribution >= 4 is 16.2 Å². The first kappa shape index (κ1) is 25.5. The molecule has 0 unspecified atom stereocenters. The molecule has 0 aromatic rings. The molecule has 0 bridgehead atoms. The van der Waals surface area contributed by atoms with Crippen molar-refractivity contribution in [1.82, 2.24) is 0 Å². The molecule has 0 radical (unpaired) electrons. The molecule has 4 aliphatic rings. The fraction of sp³-hybridized carbons (Fsp3) is 0.960. The number of rotatable bonds is 7. The first-order chi connectivity index (χ1) is 15.4. The van der Waals surface area contributed by atoms with E-state index in [0.717, 1.165) is 38.5 Å². The molecular formula is C25H41FO6S. The van der Waals surface area contributed by atoms with Crippen molar-refractivity contribution < 1.29 is 31.4 Å². The lowest BCUT2D eigenvalue weighted by Crippen LogP contribution is -2.58. The van der Waals surface area contributed by atoms with E-state index in [1.54, 1.807) is 0 Å². The molecule has 0 heterocycles. The molecule has 0 spiro atoms. The van der Waals surface area contributed by atoms with Gasteiger partial charge in [0, 0.05) is 6.42 Å². The second-order valence-corrected chi connectivity index (χ2v) is 13.2. The van der Waals surface area contributed by atoms with E-state index in [4.69, 9.17) is 8.74 Å². The number of aliphatic hydroxyl groups is 1. The minimum atomic E-state index is -4.47. The van der Waals surface area contributed by atoms with Gasteiger partial charge < -0.3 is 5.11 Å².